The zero-order valence-corrected chi connectivity index (χ0v) is 13.2. The summed E-state index contributed by atoms with van der Waals surface area (Å²) in [6, 6.07) is 5.51. The van der Waals surface area contributed by atoms with Gasteiger partial charge < -0.3 is 10.4 Å². The van der Waals surface area contributed by atoms with E-state index in [0.717, 1.165) is 11.3 Å². The lowest BCUT2D eigenvalue weighted by molar-refractivity contribution is 0.0637. The Hall–Kier alpha value is 0.0700. The summed E-state index contributed by atoms with van der Waals surface area (Å²) in [5.74, 6) is 0.761. The van der Waals surface area contributed by atoms with Gasteiger partial charge in [-0.05, 0) is 31.7 Å². The van der Waals surface area contributed by atoms with Crippen LogP contribution in [0.5, 0.6) is 0 Å². The average molecular weight is 308 g/mol. The summed E-state index contributed by atoms with van der Waals surface area (Å²) >= 11 is 13.6. The minimum atomic E-state index is -0.738. The van der Waals surface area contributed by atoms with Crippen molar-refractivity contribution in [2.75, 3.05) is 13.6 Å². The molecular weight excluding hydrogens is 289 g/mol. The van der Waals surface area contributed by atoms with Crippen LogP contribution in [0.25, 0.3) is 0 Å². The number of likely N-dealkylation sites (N-methyl/N-ethyl adjacent to an activating group) is 1. The first-order valence-corrected chi connectivity index (χ1v) is 7.60. The summed E-state index contributed by atoms with van der Waals surface area (Å²) in [6.45, 7) is 4.42. The molecule has 2 atom stereocenters. The highest BCUT2D eigenvalue weighted by molar-refractivity contribution is 7.99. The van der Waals surface area contributed by atoms with Crippen molar-refractivity contribution in [2.45, 2.75) is 30.5 Å². The molecule has 0 radical (unpaired) electrons. The molecule has 0 saturated carbocycles. The van der Waals surface area contributed by atoms with E-state index in [-0.39, 0.29) is 5.25 Å². The molecule has 1 aromatic rings. The number of rotatable bonds is 6. The van der Waals surface area contributed by atoms with Gasteiger partial charge in [-0.15, -0.1) is 0 Å². The van der Waals surface area contributed by atoms with Gasteiger partial charge in [0.05, 0.1) is 5.60 Å². The minimum absolute atomic E-state index is 0.108. The minimum Gasteiger partial charge on any atom is -0.388 e. The molecule has 2 unspecified atom stereocenters. The second-order valence-corrected chi connectivity index (χ2v) is 6.75. The van der Waals surface area contributed by atoms with Crippen LogP contribution < -0.4 is 5.32 Å². The molecule has 0 aliphatic carbocycles. The first kappa shape index (κ1) is 16.1. The van der Waals surface area contributed by atoms with Crippen molar-refractivity contribution in [1.29, 1.82) is 0 Å². The van der Waals surface area contributed by atoms with E-state index in [9.17, 15) is 5.11 Å². The zero-order valence-electron chi connectivity index (χ0n) is 10.8. The van der Waals surface area contributed by atoms with E-state index in [1.165, 1.54) is 0 Å². The molecule has 0 heterocycles. The van der Waals surface area contributed by atoms with Gasteiger partial charge in [0.1, 0.15) is 0 Å². The van der Waals surface area contributed by atoms with Crippen LogP contribution in [0.1, 0.15) is 19.4 Å². The predicted octanol–water partition coefficient (Wildman–Crippen LogP) is 3.59. The Morgan fingerprint density at radius 3 is 2.67 bits per heavy atom. The maximum absolute atomic E-state index is 10.2. The molecule has 0 bridgehead atoms. The highest BCUT2D eigenvalue weighted by Gasteiger charge is 2.27. The van der Waals surface area contributed by atoms with Crippen LogP contribution >= 0.6 is 35.0 Å². The van der Waals surface area contributed by atoms with Crippen LogP contribution in [0.3, 0.4) is 0 Å². The van der Waals surface area contributed by atoms with E-state index >= 15 is 0 Å². The van der Waals surface area contributed by atoms with Gasteiger partial charge in [-0.1, -0.05) is 36.2 Å². The summed E-state index contributed by atoms with van der Waals surface area (Å²) in [6.07, 6.45) is 0. The van der Waals surface area contributed by atoms with Crippen LogP contribution in [0, 0.1) is 0 Å². The molecule has 2 nitrogen and oxygen atoms in total. The fourth-order valence-electron chi connectivity index (χ4n) is 1.53. The molecule has 0 amide bonds. The van der Waals surface area contributed by atoms with Crippen molar-refractivity contribution in [3.63, 3.8) is 0 Å². The molecule has 18 heavy (non-hydrogen) atoms. The number of benzene rings is 1. The van der Waals surface area contributed by atoms with Crippen molar-refractivity contribution in [1.82, 2.24) is 5.32 Å². The van der Waals surface area contributed by atoms with Gasteiger partial charge in [0.25, 0.3) is 0 Å². The van der Waals surface area contributed by atoms with Crippen molar-refractivity contribution < 1.29 is 5.11 Å². The van der Waals surface area contributed by atoms with Gasteiger partial charge in [-0.2, -0.15) is 11.8 Å². The summed E-state index contributed by atoms with van der Waals surface area (Å²) < 4.78 is 0. The number of aliphatic hydroxyl groups is 1. The first-order chi connectivity index (χ1) is 8.36. The predicted molar refractivity (Wildman–Crippen MR) is 81.8 cm³/mol. The molecule has 102 valence electrons. The monoisotopic (exact) mass is 307 g/mol. The summed E-state index contributed by atoms with van der Waals surface area (Å²) in [5, 5.41) is 14.7. The molecule has 0 saturated heterocycles. The van der Waals surface area contributed by atoms with Crippen LogP contribution in [-0.2, 0) is 5.75 Å². The van der Waals surface area contributed by atoms with Crippen molar-refractivity contribution in [3.8, 4) is 0 Å². The average Bonchev–Trinajstić information content (AvgIpc) is 2.27. The normalized spacial score (nSPS) is 16.3. The van der Waals surface area contributed by atoms with E-state index in [2.05, 4.69) is 5.32 Å². The Morgan fingerprint density at radius 2 is 2.11 bits per heavy atom. The third kappa shape index (κ3) is 4.63. The van der Waals surface area contributed by atoms with Gasteiger partial charge >= 0.3 is 0 Å². The van der Waals surface area contributed by atoms with Crippen LogP contribution in [0.15, 0.2) is 18.2 Å². The molecule has 2 N–H and O–H groups in total. The van der Waals surface area contributed by atoms with Gasteiger partial charge in [0.15, 0.2) is 0 Å². The van der Waals surface area contributed by atoms with E-state index in [1.807, 2.05) is 33.0 Å². The van der Waals surface area contributed by atoms with Gasteiger partial charge in [0.2, 0.25) is 0 Å². The molecule has 0 aliphatic rings. The third-order valence-corrected chi connectivity index (χ3v) is 4.99. The fraction of sp³-hybridized carbons (Fsp3) is 0.538. The topological polar surface area (TPSA) is 32.3 Å². The van der Waals surface area contributed by atoms with Gasteiger partial charge in [-0.25, -0.2) is 0 Å². The second kappa shape index (κ2) is 7.01. The number of halogens is 2. The molecule has 0 fully saturated rings. The summed E-state index contributed by atoms with van der Waals surface area (Å²) in [5.41, 5.74) is 0.302. The quantitative estimate of drug-likeness (QED) is 0.842. The number of hydrogen-bond donors (Lipinski definition) is 2. The van der Waals surface area contributed by atoms with Crippen molar-refractivity contribution in [3.05, 3.63) is 33.8 Å². The lowest BCUT2D eigenvalue weighted by Gasteiger charge is -2.29. The standard InChI is InChI=1S/C13H19Cl2NOS/c1-9(13(2,17)8-16-3)18-7-10-4-5-11(14)6-12(10)15/h4-6,9,16-17H,7-8H2,1-3H3. The Balaban J connectivity index is 2.59. The molecule has 0 spiro atoms. The smallest absolute Gasteiger partial charge is 0.0858 e. The fourth-order valence-corrected chi connectivity index (χ4v) is 3.21. The summed E-state index contributed by atoms with van der Waals surface area (Å²) in [4.78, 5) is 0. The largest absolute Gasteiger partial charge is 0.388 e. The third-order valence-electron chi connectivity index (χ3n) is 2.91. The Labute approximate surface area is 123 Å². The van der Waals surface area contributed by atoms with E-state index in [0.29, 0.717) is 16.6 Å². The Morgan fingerprint density at radius 1 is 1.44 bits per heavy atom. The van der Waals surface area contributed by atoms with Gasteiger partial charge in [-0.3, -0.25) is 0 Å². The van der Waals surface area contributed by atoms with E-state index < -0.39 is 5.60 Å². The van der Waals surface area contributed by atoms with E-state index in [1.54, 1.807) is 17.8 Å². The number of hydrogen-bond acceptors (Lipinski definition) is 3. The number of thioether (sulfide) groups is 1. The van der Waals surface area contributed by atoms with Crippen LogP contribution in [0.2, 0.25) is 10.0 Å². The van der Waals surface area contributed by atoms with E-state index in [4.69, 9.17) is 23.2 Å². The Bertz CT molecular complexity index is 399. The molecule has 1 rings (SSSR count). The number of nitrogens with one attached hydrogen (secondary N) is 1. The highest BCUT2D eigenvalue weighted by Crippen LogP contribution is 2.30. The van der Waals surface area contributed by atoms with Crippen LogP contribution in [-0.4, -0.2) is 29.5 Å². The highest BCUT2D eigenvalue weighted by atomic mass is 35.5. The molecule has 1 aromatic carbocycles. The zero-order chi connectivity index (χ0) is 13.8. The SMILES string of the molecule is CNCC(C)(O)C(C)SCc1ccc(Cl)cc1Cl. The maximum atomic E-state index is 10.2. The van der Waals surface area contributed by atoms with Gasteiger partial charge in [0, 0.05) is 27.6 Å². The lowest BCUT2D eigenvalue weighted by atomic mass is 10.0. The Kier molecular flexibility index (Phi) is 6.28. The van der Waals surface area contributed by atoms with Crippen molar-refractivity contribution in [2.24, 2.45) is 0 Å². The molecule has 0 aromatic heterocycles. The van der Waals surface area contributed by atoms with Crippen LogP contribution in [0.4, 0.5) is 0 Å². The maximum Gasteiger partial charge on any atom is 0.0858 e. The molecule has 0 aliphatic heterocycles. The first-order valence-electron chi connectivity index (χ1n) is 5.79. The second-order valence-electron chi connectivity index (χ2n) is 4.58. The summed E-state index contributed by atoms with van der Waals surface area (Å²) in [7, 11) is 1.84. The van der Waals surface area contributed by atoms with Crippen molar-refractivity contribution >= 4 is 35.0 Å². The lowest BCUT2D eigenvalue weighted by Crippen LogP contribution is -2.44. The molecule has 5 heteroatoms. The molecular formula is C13H19Cl2NOS.